The molecule has 0 fully saturated rings. The molecule has 4 aromatic rings. The minimum absolute atomic E-state index is 0.00663. The van der Waals surface area contributed by atoms with Crippen LogP contribution >= 0.6 is 22.9 Å². The summed E-state index contributed by atoms with van der Waals surface area (Å²) in [7, 11) is 0. The van der Waals surface area contributed by atoms with Gasteiger partial charge in [0.1, 0.15) is 5.82 Å². The molecule has 2 aromatic carbocycles. The van der Waals surface area contributed by atoms with Crippen LogP contribution in [0.25, 0.3) is 21.6 Å². The van der Waals surface area contributed by atoms with Crippen LogP contribution in [0.1, 0.15) is 50.2 Å². The Morgan fingerprint density at radius 1 is 1.03 bits per heavy atom. The molecule has 0 radical (unpaired) electrons. The van der Waals surface area contributed by atoms with Crippen LogP contribution in [0.5, 0.6) is 0 Å². The molecule has 2 aromatic heterocycles. The normalized spacial score (nSPS) is 11.3. The molecule has 4 rings (SSSR count). The van der Waals surface area contributed by atoms with E-state index in [1.807, 2.05) is 18.3 Å². The van der Waals surface area contributed by atoms with Crippen LogP contribution in [0.2, 0.25) is 5.02 Å². The van der Waals surface area contributed by atoms with Gasteiger partial charge in [-0.15, -0.1) is 11.3 Å². The fourth-order valence-corrected chi connectivity index (χ4v) is 5.35. The van der Waals surface area contributed by atoms with Gasteiger partial charge in [0.25, 0.3) is 5.91 Å². The zero-order valence-electron chi connectivity index (χ0n) is 22.3. The lowest BCUT2D eigenvalue weighted by Crippen LogP contribution is -2.33. The summed E-state index contributed by atoms with van der Waals surface area (Å²) in [6.45, 7) is 8.46. The molecule has 0 atom stereocenters. The van der Waals surface area contributed by atoms with E-state index in [9.17, 15) is 14.0 Å². The zero-order valence-corrected chi connectivity index (χ0v) is 23.9. The van der Waals surface area contributed by atoms with Gasteiger partial charge in [0, 0.05) is 45.5 Å². The molecule has 0 saturated carbocycles. The number of aromatic nitrogens is 1. The van der Waals surface area contributed by atoms with E-state index in [1.165, 1.54) is 29.2 Å². The summed E-state index contributed by atoms with van der Waals surface area (Å²) < 4.78 is 18.5. The summed E-state index contributed by atoms with van der Waals surface area (Å²) in [4.78, 5) is 32.4. The van der Waals surface area contributed by atoms with Gasteiger partial charge >= 0.3 is 5.97 Å². The number of anilines is 1. The number of rotatable bonds is 8. The van der Waals surface area contributed by atoms with Gasteiger partial charge in [-0.05, 0) is 78.0 Å². The summed E-state index contributed by atoms with van der Waals surface area (Å²) in [5.41, 5.74) is 4.76. The van der Waals surface area contributed by atoms with Gasteiger partial charge in [-0.2, -0.15) is 0 Å². The number of pyridine rings is 1. The first kappa shape index (κ1) is 28.5. The number of benzene rings is 2. The van der Waals surface area contributed by atoms with Crippen molar-refractivity contribution in [3.05, 3.63) is 94.3 Å². The van der Waals surface area contributed by atoms with Crippen LogP contribution in [-0.2, 0) is 14.9 Å². The first-order valence-electron chi connectivity index (χ1n) is 12.6. The lowest BCUT2D eigenvalue weighted by Gasteiger charge is -2.23. The Balaban J connectivity index is 1.59. The van der Waals surface area contributed by atoms with Crippen LogP contribution in [0.4, 0.5) is 10.1 Å². The third kappa shape index (κ3) is 6.91. The summed E-state index contributed by atoms with van der Waals surface area (Å²) >= 11 is 8.26. The molecule has 39 heavy (non-hydrogen) atoms. The lowest BCUT2D eigenvalue weighted by molar-refractivity contribution is -0.142. The van der Waals surface area contributed by atoms with Gasteiger partial charge < -0.3 is 9.64 Å². The van der Waals surface area contributed by atoms with Gasteiger partial charge in [0.2, 0.25) is 0 Å². The predicted molar refractivity (Wildman–Crippen MR) is 156 cm³/mol. The van der Waals surface area contributed by atoms with Crippen molar-refractivity contribution in [2.24, 2.45) is 0 Å². The quantitative estimate of drug-likeness (QED) is 0.202. The van der Waals surface area contributed by atoms with Crippen molar-refractivity contribution in [2.45, 2.75) is 39.5 Å². The molecule has 2 heterocycles. The molecule has 8 heteroatoms. The average molecular weight is 565 g/mol. The van der Waals surface area contributed by atoms with Crippen LogP contribution in [-0.4, -0.2) is 30.0 Å². The Hall–Kier alpha value is -3.55. The van der Waals surface area contributed by atoms with Crippen molar-refractivity contribution in [2.75, 3.05) is 18.1 Å². The molecule has 0 bridgehead atoms. The number of thiophene rings is 1. The number of carbonyl (C=O) groups is 2. The Bertz CT molecular complexity index is 1480. The highest BCUT2D eigenvalue weighted by atomic mass is 35.5. The second-order valence-electron chi connectivity index (χ2n) is 10.1. The number of halogens is 2. The number of ether oxygens (including phenoxy) is 1. The van der Waals surface area contributed by atoms with E-state index in [4.69, 9.17) is 16.3 Å². The van der Waals surface area contributed by atoms with E-state index in [0.717, 1.165) is 27.3 Å². The minimum Gasteiger partial charge on any atom is -0.466 e. The molecule has 0 aliphatic rings. The van der Waals surface area contributed by atoms with Crippen molar-refractivity contribution in [3.63, 3.8) is 0 Å². The molecular weight excluding hydrogens is 535 g/mol. The van der Waals surface area contributed by atoms with Crippen molar-refractivity contribution in [3.8, 4) is 21.6 Å². The van der Waals surface area contributed by atoms with Crippen LogP contribution < -0.4 is 4.90 Å². The second kappa shape index (κ2) is 12.1. The Morgan fingerprint density at radius 2 is 1.77 bits per heavy atom. The first-order valence-corrected chi connectivity index (χ1v) is 13.9. The molecule has 202 valence electrons. The van der Waals surface area contributed by atoms with Gasteiger partial charge in [-0.25, -0.2) is 4.39 Å². The predicted octanol–water partition coefficient (Wildman–Crippen LogP) is 8.17. The molecule has 5 nitrogen and oxygen atoms in total. The Morgan fingerprint density at radius 3 is 2.44 bits per heavy atom. The third-order valence-corrected chi connectivity index (χ3v) is 7.45. The number of hydrogen-bond donors (Lipinski definition) is 0. The van der Waals surface area contributed by atoms with Gasteiger partial charge in [0.15, 0.2) is 0 Å². The Labute approximate surface area is 237 Å². The van der Waals surface area contributed by atoms with Crippen LogP contribution in [0.15, 0.2) is 72.2 Å². The molecule has 0 saturated heterocycles. The number of amides is 1. The van der Waals surface area contributed by atoms with Gasteiger partial charge in [-0.1, -0.05) is 38.4 Å². The molecular formula is C31H30ClFN2O3S. The molecule has 0 aliphatic carbocycles. The third-order valence-electron chi connectivity index (χ3n) is 6.17. The topological polar surface area (TPSA) is 59.5 Å². The van der Waals surface area contributed by atoms with E-state index in [0.29, 0.717) is 16.3 Å². The molecule has 0 aliphatic heterocycles. The minimum atomic E-state index is -0.416. The maximum atomic E-state index is 13.5. The zero-order chi connectivity index (χ0) is 28.2. The maximum Gasteiger partial charge on any atom is 0.307 e. The summed E-state index contributed by atoms with van der Waals surface area (Å²) in [5, 5.41) is 2.52. The van der Waals surface area contributed by atoms with Gasteiger partial charge in [-0.3, -0.25) is 14.6 Å². The number of hydrogen-bond acceptors (Lipinski definition) is 5. The average Bonchev–Trinajstić information content (AvgIpc) is 3.39. The van der Waals surface area contributed by atoms with Crippen LogP contribution in [0.3, 0.4) is 0 Å². The fourth-order valence-electron chi connectivity index (χ4n) is 4.06. The van der Waals surface area contributed by atoms with Crippen molar-refractivity contribution in [1.29, 1.82) is 0 Å². The van der Waals surface area contributed by atoms with E-state index in [-0.39, 0.29) is 30.9 Å². The van der Waals surface area contributed by atoms with E-state index < -0.39 is 11.8 Å². The summed E-state index contributed by atoms with van der Waals surface area (Å²) in [6.07, 6.45) is 1.84. The highest BCUT2D eigenvalue weighted by Crippen LogP contribution is 2.37. The number of esters is 1. The SMILES string of the molecule is CCOC(=O)CCN(C(=O)c1ccc(-c2cc(-c3ccnc(C(C)(C)C)c3)cs2)c(Cl)c1)c1ccc(F)cc1. The van der Waals surface area contributed by atoms with E-state index in [2.05, 4.69) is 43.3 Å². The molecule has 0 unspecified atom stereocenters. The number of carbonyl (C=O) groups excluding carboxylic acids is 2. The molecule has 0 N–H and O–H groups in total. The lowest BCUT2D eigenvalue weighted by atomic mass is 9.90. The summed E-state index contributed by atoms with van der Waals surface area (Å²) in [5.74, 6) is -1.18. The second-order valence-corrected chi connectivity index (χ2v) is 11.4. The van der Waals surface area contributed by atoms with Gasteiger partial charge in [0.05, 0.1) is 18.1 Å². The smallest absolute Gasteiger partial charge is 0.307 e. The highest BCUT2D eigenvalue weighted by Gasteiger charge is 2.21. The maximum absolute atomic E-state index is 13.5. The van der Waals surface area contributed by atoms with Crippen molar-refractivity contribution < 1.29 is 18.7 Å². The van der Waals surface area contributed by atoms with Crippen LogP contribution in [0, 0.1) is 5.82 Å². The summed E-state index contributed by atoms with van der Waals surface area (Å²) in [6, 6.07) is 16.9. The van der Waals surface area contributed by atoms with E-state index >= 15 is 0 Å². The van der Waals surface area contributed by atoms with E-state index in [1.54, 1.807) is 30.4 Å². The standard InChI is InChI=1S/C31H30ClFN2O3S/c1-5-38-29(36)13-15-35(24-9-7-23(33)8-10-24)30(37)21-6-11-25(26(32)16-21)27-17-22(19-39-27)20-12-14-34-28(18-20)31(2,3)4/h6-12,14,16-19H,5,13,15H2,1-4H3. The monoisotopic (exact) mass is 564 g/mol. The van der Waals surface area contributed by atoms with Crippen molar-refractivity contribution in [1.82, 2.24) is 4.98 Å². The molecule has 1 amide bonds. The number of nitrogens with zero attached hydrogens (tertiary/aromatic N) is 2. The largest absolute Gasteiger partial charge is 0.466 e. The first-order chi connectivity index (χ1) is 18.6. The highest BCUT2D eigenvalue weighted by molar-refractivity contribution is 7.14. The molecule has 0 spiro atoms. The fraction of sp³-hybridized carbons (Fsp3) is 0.258. The Kier molecular flexibility index (Phi) is 8.83. The van der Waals surface area contributed by atoms with Crippen molar-refractivity contribution >= 4 is 40.5 Å².